The second-order valence-electron chi connectivity index (χ2n) is 33.6. The summed E-state index contributed by atoms with van der Waals surface area (Å²) in [5, 5.41) is 0. The molecule has 0 amide bonds. The van der Waals surface area contributed by atoms with Crippen molar-refractivity contribution in [3.8, 4) is 56.0 Å². The molecule has 0 spiro atoms. The minimum atomic E-state index is -1.46. The zero-order valence-electron chi connectivity index (χ0n) is 59.7. The van der Waals surface area contributed by atoms with E-state index in [-0.39, 0.29) is 32.5 Å². The van der Waals surface area contributed by atoms with E-state index < -0.39 is 17.6 Å². The van der Waals surface area contributed by atoms with Crippen molar-refractivity contribution in [2.75, 3.05) is 19.6 Å². The Balaban J connectivity index is 1.27. The molecule has 0 fully saturated rings. The molecule has 0 aromatic heterocycles. The van der Waals surface area contributed by atoms with Crippen LogP contribution in [-0.2, 0) is 75.8 Å². The summed E-state index contributed by atoms with van der Waals surface area (Å²) in [4.78, 5) is 10.8. The van der Waals surface area contributed by atoms with Gasteiger partial charge in [-0.25, -0.2) is 0 Å². The predicted octanol–water partition coefficient (Wildman–Crippen LogP) is 23.6. The number of hydrogen-bond acceptors (Lipinski definition) is 5. The van der Waals surface area contributed by atoms with Crippen molar-refractivity contribution >= 4 is 53.8 Å². The van der Waals surface area contributed by atoms with E-state index in [0.717, 1.165) is 70.9 Å². The van der Waals surface area contributed by atoms with Crippen LogP contribution in [0.1, 0.15) is 180 Å². The van der Waals surface area contributed by atoms with Gasteiger partial charge in [-0.3, -0.25) is 0 Å². The molecule has 0 N–H and O–H groups in total. The van der Waals surface area contributed by atoms with Crippen molar-refractivity contribution in [3.63, 3.8) is 0 Å². The standard InChI is InChI=1S/C90H92N4O.Pt/c1-85(2,3)65-47-67-51-69(49-65)95-70-50-66(86(4,5)6)48-68(52-70)92-56-94(78-26-22-20-24-76(78)92)84-81-63-43-35-59(36-44-63)29-27-57-31-39-61(40-32-57)79-71(87(7,8)9)53-72(88(10,11)12)80(83(79)93-55-91(67)75-23-19-21-25-77(75)93)62-41-33-58(34-42-62)28-30-60-37-45-64(46-38-60)82(84)74(90(16,17)18)54-73(81)89(13,14)15;/h19-26,31-50,53-54H,27-30H2,1-18H3;/q-2;. The molecule has 10 aromatic carbocycles. The molecule has 19 rings (SSSR count). The average molecular weight is 1440 g/mol. The molecular formula is C90H92N4OPt-2. The fraction of sp³-hybridized carbons (Fsp3) is 0.311. The minimum absolute atomic E-state index is 0.263. The molecule has 16 bridgehead atoms. The summed E-state index contributed by atoms with van der Waals surface area (Å²) < 4.78 is 9.84. The summed E-state index contributed by atoms with van der Waals surface area (Å²) >= 11 is -1.46. The third-order valence-electron chi connectivity index (χ3n) is 20.3. The van der Waals surface area contributed by atoms with Gasteiger partial charge >= 0.3 is 584 Å². The molecule has 9 aliphatic rings. The van der Waals surface area contributed by atoms with E-state index in [2.05, 4.69) is 338 Å². The van der Waals surface area contributed by atoms with Gasteiger partial charge in [-0.2, -0.15) is 0 Å². The van der Waals surface area contributed by atoms with Crippen molar-refractivity contribution in [2.45, 2.75) is 183 Å². The number of anilines is 8. The van der Waals surface area contributed by atoms with Crippen molar-refractivity contribution < 1.29 is 22.4 Å². The normalized spacial score (nSPS) is 15.2. The van der Waals surface area contributed by atoms with E-state index in [4.69, 9.17) is 4.74 Å². The summed E-state index contributed by atoms with van der Waals surface area (Å²) in [5.74, 6) is 1.32. The topological polar surface area (TPSA) is 22.2 Å². The van der Waals surface area contributed by atoms with E-state index in [9.17, 15) is 0 Å². The Labute approximate surface area is 580 Å². The van der Waals surface area contributed by atoms with Crippen LogP contribution in [0.3, 0.4) is 0 Å². The molecule has 0 saturated heterocycles. The number of rotatable bonds is 0. The van der Waals surface area contributed by atoms with Crippen LogP contribution < -0.4 is 24.3 Å². The Hall–Kier alpha value is -8.37. The molecule has 0 saturated carbocycles. The van der Waals surface area contributed by atoms with E-state index in [1.807, 2.05) is 0 Å². The Bertz CT molecular complexity index is 4390. The molecule has 6 heteroatoms. The summed E-state index contributed by atoms with van der Waals surface area (Å²) in [7, 11) is 0. The van der Waals surface area contributed by atoms with E-state index >= 15 is 0 Å². The molecule has 0 radical (unpaired) electrons. The van der Waals surface area contributed by atoms with Crippen LogP contribution in [0.4, 0.5) is 45.5 Å². The van der Waals surface area contributed by atoms with Gasteiger partial charge in [0.2, 0.25) is 0 Å². The molecular weight excluding hydrogens is 1350 g/mol. The molecule has 0 aliphatic carbocycles. The van der Waals surface area contributed by atoms with Crippen LogP contribution in [0.25, 0.3) is 44.5 Å². The van der Waals surface area contributed by atoms with Crippen LogP contribution in [0, 0.1) is 12.1 Å². The number of benzene rings is 10. The molecule has 96 heavy (non-hydrogen) atoms. The van der Waals surface area contributed by atoms with Crippen LogP contribution in [0.2, 0.25) is 0 Å². The predicted molar refractivity (Wildman–Crippen MR) is 404 cm³/mol. The molecule has 0 unspecified atom stereocenters. The van der Waals surface area contributed by atoms with Crippen LogP contribution in [0.15, 0.2) is 182 Å². The van der Waals surface area contributed by atoms with Gasteiger partial charge in [0, 0.05) is 0 Å². The Morgan fingerprint density at radius 3 is 0.812 bits per heavy atom. The summed E-state index contributed by atoms with van der Waals surface area (Å²) in [5.41, 5.74) is 29.7. The molecule has 490 valence electrons. The number of hydrogen-bond donors (Lipinski definition) is 0. The number of para-hydroxylation sites is 4. The van der Waals surface area contributed by atoms with Gasteiger partial charge in [0.05, 0.1) is 0 Å². The number of aryl methyl sites for hydroxylation is 4. The van der Waals surface area contributed by atoms with Crippen molar-refractivity contribution in [1.82, 2.24) is 0 Å². The average Bonchev–Trinajstić information content (AvgIpc) is 1.47. The van der Waals surface area contributed by atoms with Crippen LogP contribution >= 0.6 is 0 Å². The fourth-order valence-corrected chi connectivity index (χ4v) is 18.6. The Morgan fingerprint density at radius 2 is 0.562 bits per heavy atom. The monoisotopic (exact) mass is 1440 g/mol. The molecule has 5 nitrogen and oxygen atoms in total. The second-order valence-corrected chi connectivity index (χ2v) is 36.2. The Morgan fingerprint density at radius 1 is 0.302 bits per heavy atom. The number of nitrogens with zero attached hydrogens (tertiary/aromatic N) is 4. The van der Waals surface area contributed by atoms with Crippen LogP contribution in [-0.4, -0.2) is 8.29 Å². The molecule has 0 atom stereocenters. The fourth-order valence-electron chi connectivity index (χ4n) is 15.0. The van der Waals surface area contributed by atoms with Gasteiger partial charge in [-0.05, 0) is 0 Å². The van der Waals surface area contributed by atoms with Crippen molar-refractivity contribution in [1.29, 1.82) is 0 Å². The van der Waals surface area contributed by atoms with Gasteiger partial charge in [-0.15, -0.1) is 0 Å². The van der Waals surface area contributed by atoms with Gasteiger partial charge in [0.25, 0.3) is 0 Å². The maximum absolute atomic E-state index is 7.47. The second kappa shape index (κ2) is 22.6. The van der Waals surface area contributed by atoms with Gasteiger partial charge in [-0.1, -0.05) is 0 Å². The zero-order chi connectivity index (χ0) is 67.5. The first-order chi connectivity index (χ1) is 45.4. The Kier molecular flexibility index (Phi) is 15.0. The zero-order valence-corrected chi connectivity index (χ0v) is 61.9. The third kappa shape index (κ3) is 11.0. The quantitative estimate of drug-likeness (QED) is 0.141. The van der Waals surface area contributed by atoms with Gasteiger partial charge < -0.3 is 0 Å². The van der Waals surface area contributed by atoms with Crippen LogP contribution in [0.5, 0.6) is 11.5 Å². The number of fused-ring (bicyclic) bond motifs is 14. The third-order valence-corrected chi connectivity index (χ3v) is 23.4. The first-order valence-electron chi connectivity index (χ1n) is 34.7. The number of ether oxygens (including phenoxy) is 1. The summed E-state index contributed by atoms with van der Waals surface area (Å²) in [6.45, 7) is 43.1. The van der Waals surface area contributed by atoms with E-state index in [0.29, 0.717) is 11.5 Å². The molecule has 10 aromatic rings. The first kappa shape index (κ1) is 63.7. The molecule has 9 heterocycles. The molecule has 9 aliphatic heterocycles. The maximum atomic E-state index is 7.47. The summed E-state index contributed by atoms with van der Waals surface area (Å²) in [6.07, 6.45) is 3.66. The van der Waals surface area contributed by atoms with Gasteiger partial charge in [0.1, 0.15) is 0 Å². The van der Waals surface area contributed by atoms with E-state index in [1.165, 1.54) is 109 Å². The van der Waals surface area contributed by atoms with Crippen molar-refractivity contribution in [3.05, 3.63) is 250 Å². The van der Waals surface area contributed by atoms with E-state index in [1.54, 1.807) is 0 Å². The van der Waals surface area contributed by atoms with Crippen molar-refractivity contribution in [2.24, 2.45) is 0 Å². The summed E-state index contributed by atoms with van der Waals surface area (Å²) in [6, 6.07) is 80.1. The van der Waals surface area contributed by atoms with Gasteiger partial charge in [0.15, 0.2) is 0 Å². The first-order valence-corrected chi connectivity index (χ1v) is 37.0. The SMILES string of the molecule is CC(C)(C)c1cc2[c-]c(c1)N1[C]3=[Pt]=[C]4N(c5[c-]c(cc(C(C)(C)C)c5)O2)c2ccccc2N4c2c4c(C(C)(C)C)cc(C(C)(C)C)c2-c2ccc(cc2)CCc2ccc(cc2)-c2c(C(C)(C)C)cc(C(C)(C)C)c(c2N3c2ccccc21)-c1ccc(cc1)CCc1ccc-4cc1.